The van der Waals surface area contributed by atoms with Crippen molar-refractivity contribution in [2.24, 2.45) is 0 Å². The molecule has 0 atom stereocenters. The molecule has 0 saturated heterocycles. The first kappa shape index (κ1) is 9.65. The van der Waals surface area contributed by atoms with Gasteiger partial charge >= 0.3 is 0 Å². The van der Waals surface area contributed by atoms with E-state index in [1.165, 1.54) is 12.1 Å². The van der Waals surface area contributed by atoms with Crippen LogP contribution < -0.4 is 0 Å². The molecule has 1 aromatic carbocycles. The molecule has 2 aromatic rings. The third-order valence-electron chi connectivity index (χ3n) is 2.11. The van der Waals surface area contributed by atoms with Gasteiger partial charge in [0.1, 0.15) is 10.4 Å². The topological polar surface area (TPSA) is 17.8 Å². The summed E-state index contributed by atoms with van der Waals surface area (Å²) in [4.78, 5) is 0. The van der Waals surface area contributed by atoms with E-state index in [4.69, 9.17) is 0 Å². The Kier molecular flexibility index (Phi) is 2.31. The number of hydrogen-bond donors (Lipinski definition) is 0. The lowest BCUT2D eigenvalue weighted by atomic mass is 10.2. The predicted octanol–water partition coefficient (Wildman–Crippen LogP) is 3.52. The van der Waals surface area contributed by atoms with Crippen molar-refractivity contribution in [3.63, 3.8) is 0 Å². The highest BCUT2D eigenvalue weighted by Crippen LogP contribution is 2.26. The second-order valence-corrected chi connectivity index (χ2v) is 4.24. The first-order valence-electron chi connectivity index (χ1n) is 4.43. The van der Waals surface area contributed by atoms with Crippen molar-refractivity contribution in [2.45, 2.75) is 19.9 Å². The van der Waals surface area contributed by atoms with Gasteiger partial charge < -0.3 is 0 Å². The predicted molar refractivity (Wildman–Crippen MR) is 57.8 cm³/mol. The SMILES string of the molecule is CC(C)n1nc(Br)c2cc(F)ccc21. The Labute approximate surface area is 89.8 Å². The van der Waals surface area contributed by atoms with Crippen LogP contribution in [0.3, 0.4) is 0 Å². The van der Waals surface area contributed by atoms with E-state index in [-0.39, 0.29) is 11.9 Å². The van der Waals surface area contributed by atoms with Crippen LogP contribution in [0.2, 0.25) is 0 Å². The molecule has 2 nitrogen and oxygen atoms in total. The fourth-order valence-electron chi connectivity index (χ4n) is 1.47. The average molecular weight is 257 g/mol. The van der Waals surface area contributed by atoms with Gasteiger partial charge in [-0.25, -0.2) is 4.39 Å². The van der Waals surface area contributed by atoms with Gasteiger partial charge in [0.2, 0.25) is 0 Å². The maximum atomic E-state index is 13.0. The lowest BCUT2D eigenvalue weighted by Crippen LogP contribution is -2.01. The van der Waals surface area contributed by atoms with Crippen molar-refractivity contribution < 1.29 is 4.39 Å². The third-order valence-corrected chi connectivity index (χ3v) is 2.70. The molecule has 2 rings (SSSR count). The van der Waals surface area contributed by atoms with Crippen molar-refractivity contribution in [1.29, 1.82) is 0 Å². The third kappa shape index (κ3) is 1.43. The molecule has 0 aliphatic rings. The van der Waals surface area contributed by atoms with Gasteiger partial charge in [-0.3, -0.25) is 4.68 Å². The van der Waals surface area contributed by atoms with E-state index in [9.17, 15) is 4.39 Å². The monoisotopic (exact) mass is 256 g/mol. The summed E-state index contributed by atoms with van der Waals surface area (Å²) in [5, 5.41) is 5.12. The summed E-state index contributed by atoms with van der Waals surface area (Å²) in [6, 6.07) is 4.97. The van der Waals surface area contributed by atoms with Crippen molar-refractivity contribution >= 4 is 26.8 Å². The molecule has 0 radical (unpaired) electrons. The second kappa shape index (κ2) is 3.35. The molecule has 0 unspecified atom stereocenters. The number of halogens is 2. The molecule has 0 spiro atoms. The molecular weight excluding hydrogens is 247 g/mol. The number of fused-ring (bicyclic) bond motifs is 1. The second-order valence-electron chi connectivity index (χ2n) is 3.49. The number of nitrogens with zero attached hydrogens (tertiary/aromatic N) is 2. The molecule has 14 heavy (non-hydrogen) atoms. The maximum absolute atomic E-state index is 13.0. The molecule has 0 amide bonds. The van der Waals surface area contributed by atoms with Gasteiger partial charge in [-0.2, -0.15) is 5.10 Å². The molecule has 4 heteroatoms. The Hall–Kier alpha value is -0.900. The van der Waals surface area contributed by atoms with E-state index in [1.807, 2.05) is 18.5 Å². The van der Waals surface area contributed by atoms with Gasteiger partial charge in [-0.15, -0.1) is 0 Å². The zero-order valence-corrected chi connectivity index (χ0v) is 9.55. The Bertz CT molecular complexity index is 476. The zero-order chi connectivity index (χ0) is 10.3. The van der Waals surface area contributed by atoms with E-state index in [0.29, 0.717) is 4.60 Å². The highest BCUT2D eigenvalue weighted by molar-refractivity contribution is 9.10. The average Bonchev–Trinajstić information content (AvgIpc) is 2.44. The van der Waals surface area contributed by atoms with Gasteiger partial charge in [0.15, 0.2) is 0 Å². The van der Waals surface area contributed by atoms with E-state index in [0.717, 1.165) is 10.9 Å². The first-order valence-corrected chi connectivity index (χ1v) is 5.22. The number of aromatic nitrogens is 2. The lowest BCUT2D eigenvalue weighted by Gasteiger charge is -2.06. The minimum atomic E-state index is -0.235. The largest absolute Gasteiger partial charge is 0.261 e. The Morgan fingerprint density at radius 2 is 2.14 bits per heavy atom. The van der Waals surface area contributed by atoms with Gasteiger partial charge in [-0.1, -0.05) is 0 Å². The molecule has 0 aliphatic heterocycles. The number of benzene rings is 1. The van der Waals surface area contributed by atoms with Crippen LogP contribution in [0.5, 0.6) is 0 Å². The fraction of sp³-hybridized carbons (Fsp3) is 0.300. The molecule has 0 bridgehead atoms. The molecular formula is C10H10BrFN2. The molecule has 0 fully saturated rings. The van der Waals surface area contributed by atoms with E-state index >= 15 is 0 Å². The molecule has 0 aliphatic carbocycles. The zero-order valence-electron chi connectivity index (χ0n) is 7.96. The summed E-state index contributed by atoms with van der Waals surface area (Å²) >= 11 is 3.32. The fourth-order valence-corrected chi connectivity index (χ4v) is 1.96. The van der Waals surface area contributed by atoms with E-state index < -0.39 is 0 Å². The normalized spacial score (nSPS) is 11.5. The summed E-state index contributed by atoms with van der Waals surface area (Å²) in [5.41, 5.74) is 0.952. The van der Waals surface area contributed by atoms with Gasteiger partial charge in [0.05, 0.1) is 5.52 Å². The van der Waals surface area contributed by atoms with Crippen LogP contribution in [-0.4, -0.2) is 9.78 Å². The smallest absolute Gasteiger partial charge is 0.136 e. The van der Waals surface area contributed by atoms with Crippen molar-refractivity contribution in [1.82, 2.24) is 9.78 Å². The van der Waals surface area contributed by atoms with Crippen molar-refractivity contribution in [3.8, 4) is 0 Å². The van der Waals surface area contributed by atoms with E-state index in [1.54, 1.807) is 6.07 Å². The van der Waals surface area contributed by atoms with Crippen LogP contribution >= 0.6 is 15.9 Å². The Morgan fingerprint density at radius 3 is 2.79 bits per heavy atom. The molecule has 0 saturated carbocycles. The van der Waals surface area contributed by atoms with Crippen LogP contribution in [-0.2, 0) is 0 Å². The minimum absolute atomic E-state index is 0.235. The summed E-state index contributed by atoms with van der Waals surface area (Å²) in [5.74, 6) is -0.235. The lowest BCUT2D eigenvalue weighted by molar-refractivity contribution is 0.547. The van der Waals surface area contributed by atoms with Crippen molar-refractivity contribution in [3.05, 3.63) is 28.6 Å². The molecule has 74 valence electrons. The van der Waals surface area contributed by atoms with Gasteiger partial charge in [0, 0.05) is 11.4 Å². The highest BCUT2D eigenvalue weighted by atomic mass is 79.9. The summed E-state index contributed by atoms with van der Waals surface area (Å²) in [7, 11) is 0. The maximum Gasteiger partial charge on any atom is 0.136 e. The van der Waals surface area contributed by atoms with Crippen LogP contribution in [0.4, 0.5) is 4.39 Å². The highest BCUT2D eigenvalue weighted by Gasteiger charge is 2.10. The summed E-state index contributed by atoms with van der Waals surface area (Å²) in [6.07, 6.45) is 0. The number of hydrogen-bond acceptors (Lipinski definition) is 1. The van der Waals surface area contributed by atoms with E-state index in [2.05, 4.69) is 21.0 Å². The summed E-state index contributed by atoms with van der Waals surface area (Å²) < 4.78 is 15.5. The summed E-state index contributed by atoms with van der Waals surface area (Å²) in [6.45, 7) is 4.09. The van der Waals surface area contributed by atoms with Crippen molar-refractivity contribution in [2.75, 3.05) is 0 Å². The quantitative estimate of drug-likeness (QED) is 0.764. The standard InChI is InChI=1S/C10H10BrFN2/c1-6(2)14-9-4-3-7(12)5-8(9)10(11)13-14/h3-6H,1-2H3. The van der Waals surface area contributed by atoms with Crippen LogP contribution in [0.15, 0.2) is 22.8 Å². The van der Waals surface area contributed by atoms with Crippen LogP contribution in [0.1, 0.15) is 19.9 Å². The van der Waals surface area contributed by atoms with Gasteiger partial charge in [-0.05, 0) is 48.0 Å². The first-order chi connectivity index (χ1) is 6.59. The molecule has 1 aromatic heterocycles. The Morgan fingerprint density at radius 1 is 1.43 bits per heavy atom. The minimum Gasteiger partial charge on any atom is -0.261 e. The number of rotatable bonds is 1. The van der Waals surface area contributed by atoms with Crippen LogP contribution in [0.25, 0.3) is 10.9 Å². The van der Waals surface area contributed by atoms with Gasteiger partial charge in [0.25, 0.3) is 0 Å². The molecule has 1 heterocycles. The Balaban J connectivity index is 2.77. The van der Waals surface area contributed by atoms with Crippen LogP contribution in [0, 0.1) is 5.82 Å². The molecule has 0 N–H and O–H groups in total.